The third kappa shape index (κ3) is 6.72. The highest BCUT2D eigenvalue weighted by Gasteiger charge is 2.18. The first-order valence-corrected chi connectivity index (χ1v) is 15.0. The second-order valence-corrected chi connectivity index (χ2v) is 11.6. The maximum atomic E-state index is 13.8. The quantitative estimate of drug-likeness (QED) is 0.152. The van der Waals surface area contributed by atoms with Crippen molar-refractivity contribution >= 4 is 51.9 Å². The maximum Gasteiger partial charge on any atom is 0.282 e. The summed E-state index contributed by atoms with van der Waals surface area (Å²) in [5, 5.41) is 6.43. The average molecular weight is 635 g/mol. The predicted octanol–water partition coefficient (Wildman–Crippen LogP) is 9.32. The summed E-state index contributed by atoms with van der Waals surface area (Å²) in [5.74, 6) is 1.97. The molecule has 5 rings (SSSR count). The SMILES string of the molecule is CCOc1cc(C)c(-c2nc3ccccc3c(=O)n2N=Cc2ccc(OCc3ccc(Cl)c(Cl)c3)c(Cl)c2)cc1C(C)C. The van der Waals surface area contributed by atoms with E-state index in [0.29, 0.717) is 49.7 Å². The summed E-state index contributed by atoms with van der Waals surface area (Å²) in [7, 11) is 0. The Kier molecular flexibility index (Phi) is 9.40. The number of ether oxygens (including phenoxy) is 2. The van der Waals surface area contributed by atoms with Gasteiger partial charge in [-0.15, -0.1) is 0 Å². The van der Waals surface area contributed by atoms with Crippen LogP contribution in [0.1, 0.15) is 48.9 Å². The van der Waals surface area contributed by atoms with Crippen LogP contribution in [-0.4, -0.2) is 22.5 Å². The number of nitrogens with zero attached hydrogens (tertiary/aromatic N) is 3. The molecule has 0 saturated heterocycles. The van der Waals surface area contributed by atoms with Gasteiger partial charge in [-0.1, -0.05) is 66.8 Å². The van der Waals surface area contributed by atoms with Gasteiger partial charge in [0.2, 0.25) is 0 Å². The summed E-state index contributed by atoms with van der Waals surface area (Å²) in [6.45, 7) is 8.99. The van der Waals surface area contributed by atoms with Crippen LogP contribution < -0.4 is 15.0 Å². The van der Waals surface area contributed by atoms with Crippen LogP contribution in [0.4, 0.5) is 0 Å². The molecule has 0 radical (unpaired) electrons. The molecule has 0 spiro atoms. The molecule has 0 aliphatic carbocycles. The summed E-state index contributed by atoms with van der Waals surface area (Å²) in [4.78, 5) is 18.6. The molecule has 5 aromatic rings. The predicted molar refractivity (Wildman–Crippen MR) is 177 cm³/mol. The molecule has 0 bridgehead atoms. The zero-order valence-corrected chi connectivity index (χ0v) is 26.5. The number of rotatable bonds is 9. The Morgan fingerprint density at radius 3 is 2.42 bits per heavy atom. The first kappa shape index (κ1) is 30.6. The number of benzene rings is 4. The molecule has 220 valence electrons. The molecular formula is C34H30Cl3N3O3. The third-order valence-corrected chi connectivity index (χ3v) is 7.96. The van der Waals surface area contributed by atoms with E-state index < -0.39 is 0 Å². The van der Waals surface area contributed by atoms with Crippen LogP contribution in [0, 0.1) is 6.92 Å². The first-order valence-electron chi connectivity index (χ1n) is 13.9. The van der Waals surface area contributed by atoms with E-state index in [4.69, 9.17) is 49.3 Å². The highest BCUT2D eigenvalue weighted by molar-refractivity contribution is 6.42. The zero-order valence-electron chi connectivity index (χ0n) is 24.2. The zero-order chi connectivity index (χ0) is 30.7. The maximum absolute atomic E-state index is 13.8. The van der Waals surface area contributed by atoms with E-state index >= 15 is 0 Å². The summed E-state index contributed by atoms with van der Waals surface area (Å²) in [6, 6.07) is 21.9. The number of halogens is 3. The molecule has 0 amide bonds. The van der Waals surface area contributed by atoms with Crippen LogP contribution >= 0.6 is 34.8 Å². The van der Waals surface area contributed by atoms with E-state index in [1.54, 1.807) is 36.5 Å². The van der Waals surface area contributed by atoms with Gasteiger partial charge in [-0.25, -0.2) is 4.98 Å². The Morgan fingerprint density at radius 1 is 0.907 bits per heavy atom. The highest BCUT2D eigenvalue weighted by Crippen LogP contribution is 2.34. The second-order valence-electron chi connectivity index (χ2n) is 10.3. The van der Waals surface area contributed by atoms with E-state index in [1.807, 2.05) is 56.3 Å². The van der Waals surface area contributed by atoms with Crippen molar-refractivity contribution in [3.05, 3.63) is 120 Å². The minimum absolute atomic E-state index is 0.199. The Bertz CT molecular complexity index is 1900. The Labute approximate surface area is 265 Å². The van der Waals surface area contributed by atoms with Crippen LogP contribution in [0.15, 0.2) is 82.7 Å². The summed E-state index contributed by atoms with van der Waals surface area (Å²) < 4.78 is 13.2. The highest BCUT2D eigenvalue weighted by atomic mass is 35.5. The Hall–Kier alpha value is -3.84. The molecule has 0 aliphatic rings. The number of hydrogen-bond donors (Lipinski definition) is 0. The van der Waals surface area contributed by atoms with Crippen LogP contribution in [0.25, 0.3) is 22.3 Å². The van der Waals surface area contributed by atoms with Crippen molar-refractivity contribution in [2.24, 2.45) is 5.10 Å². The summed E-state index contributed by atoms with van der Waals surface area (Å²) in [6.07, 6.45) is 1.59. The molecule has 6 nitrogen and oxygen atoms in total. The first-order chi connectivity index (χ1) is 20.7. The minimum atomic E-state index is -0.274. The van der Waals surface area contributed by atoms with Crippen molar-refractivity contribution in [3.63, 3.8) is 0 Å². The van der Waals surface area contributed by atoms with E-state index in [-0.39, 0.29) is 18.1 Å². The summed E-state index contributed by atoms with van der Waals surface area (Å²) in [5.41, 5.74) is 4.62. The third-order valence-electron chi connectivity index (χ3n) is 6.93. The van der Waals surface area contributed by atoms with Gasteiger partial charge < -0.3 is 9.47 Å². The van der Waals surface area contributed by atoms with Crippen LogP contribution in [0.5, 0.6) is 11.5 Å². The molecule has 9 heteroatoms. The lowest BCUT2D eigenvalue weighted by Crippen LogP contribution is -2.20. The van der Waals surface area contributed by atoms with Crippen molar-refractivity contribution in [2.75, 3.05) is 6.61 Å². The average Bonchev–Trinajstić information content (AvgIpc) is 2.98. The number of hydrogen-bond acceptors (Lipinski definition) is 5. The molecule has 0 aliphatic heterocycles. The topological polar surface area (TPSA) is 65.7 Å². The standard InChI is InChI=1S/C34H30Cl3N3O3/c1-5-42-32-14-21(4)26(17-25(32)20(2)3)33-39-30-9-7-6-8-24(30)34(41)40(33)38-18-22-11-13-31(29(37)15-22)43-19-23-10-12-27(35)28(36)16-23/h6-18,20H,5,19H2,1-4H3. The number of aromatic nitrogens is 2. The van der Waals surface area contributed by atoms with Crippen molar-refractivity contribution in [3.8, 4) is 22.9 Å². The van der Waals surface area contributed by atoms with Crippen LogP contribution in [0.2, 0.25) is 15.1 Å². The smallest absolute Gasteiger partial charge is 0.282 e. The fourth-order valence-corrected chi connectivity index (χ4v) is 5.27. The Balaban J connectivity index is 1.52. The number of para-hydroxylation sites is 1. The lowest BCUT2D eigenvalue weighted by molar-refractivity contribution is 0.306. The van der Waals surface area contributed by atoms with Gasteiger partial charge in [0, 0.05) is 5.56 Å². The van der Waals surface area contributed by atoms with Gasteiger partial charge in [-0.2, -0.15) is 9.78 Å². The largest absolute Gasteiger partial charge is 0.494 e. The van der Waals surface area contributed by atoms with E-state index in [0.717, 1.165) is 28.0 Å². The summed E-state index contributed by atoms with van der Waals surface area (Å²) >= 11 is 18.7. The molecule has 0 saturated carbocycles. The van der Waals surface area contributed by atoms with Crippen LogP contribution in [-0.2, 0) is 6.61 Å². The van der Waals surface area contributed by atoms with Crippen molar-refractivity contribution in [1.29, 1.82) is 0 Å². The fourth-order valence-electron chi connectivity index (χ4n) is 4.71. The van der Waals surface area contributed by atoms with Crippen LogP contribution in [0.3, 0.4) is 0 Å². The molecule has 1 heterocycles. The van der Waals surface area contributed by atoms with Gasteiger partial charge in [0.1, 0.15) is 18.1 Å². The van der Waals surface area contributed by atoms with Gasteiger partial charge in [0.05, 0.1) is 38.8 Å². The van der Waals surface area contributed by atoms with E-state index in [9.17, 15) is 4.79 Å². The Morgan fingerprint density at radius 2 is 1.70 bits per heavy atom. The molecule has 0 unspecified atom stereocenters. The molecule has 0 fully saturated rings. The second kappa shape index (κ2) is 13.2. The van der Waals surface area contributed by atoms with Crippen molar-refractivity contribution in [1.82, 2.24) is 9.66 Å². The van der Waals surface area contributed by atoms with Gasteiger partial charge >= 0.3 is 0 Å². The van der Waals surface area contributed by atoms with Gasteiger partial charge in [-0.05, 0) is 96.6 Å². The molecule has 0 atom stereocenters. The normalized spacial score (nSPS) is 11.5. The lowest BCUT2D eigenvalue weighted by atomic mass is 9.96. The molecule has 0 N–H and O–H groups in total. The van der Waals surface area contributed by atoms with E-state index in [1.165, 1.54) is 4.68 Å². The van der Waals surface area contributed by atoms with Crippen molar-refractivity contribution < 1.29 is 9.47 Å². The number of fused-ring (bicyclic) bond motifs is 1. The minimum Gasteiger partial charge on any atom is -0.494 e. The molecular weight excluding hydrogens is 605 g/mol. The van der Waals surface area contributed by atoms with Gasteiger partial charge in [0.15, 0.2) is 5.82 Å². The molecule has 43 heavy (non-hydrogen) atoms. The fraction of sp³-hybridized carbons (Fsp3) is 0.206. The molecule has 4 aromatic carbocycles. The lowest BCUT2D eigenvalue weighted by Gasteiger charge is -2.18. The van der Waals surface area contributed by atoms with E-state index in [2.05, 4.69) is 18.9 Å². The van der Waals surface area contributed by atoms with Crippen molar-refractivity contribution in [2.45, 2.75) is 40.2 Å². The monoisotopic (exact) mass is 633 g/mol. The van der Waals surface area contributed by atoms with Gasteiger partial charge in [0.25, 0.3) is 5.56 Å². The van der Waals surface area contributed by atoms with Gasteiger partial charge in [-0.3, -0.25) is 4.79 Å². The number of aryl methyl sites for hydroxylation is 1. The molecule has 1 aromatic heterocycles.